The molecule has 8 heavy (non-hydrogen) atoms. The molecule has 43 valence electrons. The maximum Gasteiger partial charge on any atom is 0.390 e. The first-order chi connectivity index (χ1) is 3.80. The summed E-state index contributed by atoms with van der Waals surface area (Å²) in [7, 11) is -2.09. The van der Waals surface area contributed by atoms with E-state index in [2.05, 4.69) is 0 Å². The molecule has 0 spiro atoms. The summed E-state index contributed by atoms with van der Waals surface area (Å²) in [6.45, 7) is 0. The monoisotopic (exact) mass is 127 g/mol. The van der Waals surface area contributed by atoms with Crippen LogP contribution in [0.1, 0.15) is 0 Å². The van der Waals surface area contributed by atoms with Gasteiger partial charge in [-0.3, -0.25) is 0 Å². The van der Waals surface area contributed by atoms with Crippen molar-refractivity contribution in [2.24, 2.45) is 0 Å². The highest BCUT2D eigenvalue weighted by Crippen LogP contribution is 2.15. The maximum atomic E-state index is 8.61. The molecule has 0 amide bonds. The minimum absolute atomic E-state index is 0.0833. The Hall–Kier alpha value is -0.383. The fourth-order valence-corrected chi connectivity index (χ4v) is 1.17. The molecule has 0 heterocycles. The highest BCUT2D eigenvalue weighted by atomic mass is 28.3. The zero-order valence-electron chi connectivity index (χ0n) is 4.28. The van der Waals surface area contributed by atoms with Crippen LogP contribution in [0.4, 0.5) is 0 Å². The third kappa shape index (κ3) is 1.06. The molecule has 1 rings (SSSR count). The van der Waals surface area contributed by atoms with Gasteiger partial charge in [-0.25, -0.2) is 0 Å². The lowest BCUT2D eigenvalue weighted by molar-refractivity contribution is 0.403. The van der Waals surface area contributed by atoms with Crippen LogP contribution in [-0.2, 0) is 0 Å². The molecule has 0 saturated carbocycles. The van der Waals surface area contributed by atoms with Gasteiger partial charge in [-0.05, 0) is 0 Å². The number of rotatable bonds is 1. The van der Waals surface area contributed by atoms with E-state index in [0.29, 0.717) is 0 Å². The van der Waals surface area contributed by atoms with E-state index < -0.39 is 9.28 Å². The van der Waals surface area contributed by atoms with Gasteiger partial charge in [-0.2, -0.15) is 0 Å². The van der Waals surface area contributed by atoms with E-state index in [1.165, 1.54) is 0 Å². The van der Waals surface area contributed by atoms with E-state index >= 15 is 0 Å². The van der Waals surface area contributed by atoms with Gasteiger partial charge in [0.2, 0.25) is 0 Å². The lowest BCUT2D eigenvalue weighted by Gasteiger charge is -1.99. The van der Waals surface area contributed by atoms with Crippen LogP contribution < -0.4 is 0 Å². The zero-order chi connectivity index (χ0) is 5.98. The average molecular weight is 127 g/mol. The van der Waals surface area contributed by atoms with Crippen molar-refractivity contribution in [3.8, 4) is 0 Å². The Bertz CT molecular complexity index is 116. The van der Waals surface area contributed by atoms with E-state index in [-0.39, 0.29) is 5.54 Å². The first-order valence-corrected chi connectivity index (χ1v) is 3.87. The standard InChI is InChI=1S/C5H7O2Si/c6-8(7)5-3-1-2-4-5/h1-7H. The third-order valence-electron chi connectivity index (χ3n) is 1.05. The SMILES string of the molecule is O[Si](O)C1C=CC=C1. The molecule has 0 fully saturated rings. The van der Waals surface area contributed by atoms with Crippen molar-refractivity contribution in [1.82, 2.24) is 0 Å². The van der Waals surface area contributed by atoms with Crippen molar-refractivity contribution in [3.05, 3.63) is 24.3 Å². The Morgan fingerprint density at radius 1 is 1.12 bits per heavy atom. The van der Waals surface area contributed by atoms with Crippen LogP contribution >= 0.6 is 0 Å². The highest BCUT2D eigenvalue weighted by molar-refractivity contribution is 6.44. The normalized spacial score (nSPS) is 18.9. The van der Waals surface area contributed by atoms with Gasteiger partial charge in [0.15, 0.2) is 0 Å². The van der Waals surface area contributed by atoms with E-state index in [1.54, 1.807) is 12.2 Å². The maximum absolute atomic E-state index is 8.61. The van der Waals surface area contributed by atoms with Crippen LogP contribution in [0.25, 0.3) is 0 Å². The van der Waals surface area contributed by atoms with Gasteiger partial charge in [-0.1, -0.05) is 24.3 Å². The lowest BCUT2D eigenvalue weighted by atomic mass is 10.5. The molecule has 0 aromatic heterocycles. The number of hydrogen-bond acceptors (Lipinski definition) is 2. The first-order valence-electron chi connectivity index (χ1n) is 2.40. The molecule has 3 heteroatoms. The summed E-state index contributed by atoms with van der Waals surface area (Å²) in [6.07, 6.45) is 7.21. The van der Waals surface area contributed by atoms with Gasteiger partial charge in [-0.15, -0.1) is 0 Å². The third-order valence-corrected chi connectivity index (χ3v) is 2.03. The van der Waals surface area contributed by atoms with E-state index in [4.69, 9.17) is 9.59 Å². The highest BCUT2D eigenvalue weighted by Gasteiger charge is 2.16. The fraction of sp³-hybridized carbons (Fsp3) is 0.200. The van der Waals surface area contributed by atoms with Crippen LogP contribution in [0, 0.1) is 0 Å². The molecule has 0 saturated heterocycles. The summed E-state index contributed by atoms with van der Waals surface area (Å²) < 4.78 is 0. The molecular formula is C5H7O2Si. The second-order valence-electron chi connectivity index (χ2n) is 1.65. The molecule has 0 bridgehead atoms. The van der Waals surface area contributed by atoms with E-state index in [9.17, 15) is 0 Å². The molecule has 1 radical (unpaired) electrons. The van der Waals surface area contributed by atoms with Crippen LogP contribution in [0.15, 0.2) is 24.3 Å². The Morgan fingerprint density at radius 2 is 1.62 bits per heavy atom. The van der Waals surface area contributed by atoms with Crippen LogP contribution in [-0.4, -0.2) is 18.9 Å². The summed E-state index contributed by atoms with van der Waals surface area (Å²) in [6, 6.07) is 0. The molecule has 0 aliphatic heterocycles. The Morgan fingerprint density at radius 3 is 1.88 bits per heavy atom. The minimum atomic E-state index is -2.09. The Labute approximate surface area is 49.6 Å². The summed E-state index contributed by atoms with van der Waals surface area (Å²) in [5.74, 6) is 0. The molecule has 0 atom stereocenters. The van der Waals surface area contributed by atoms with Gasteiger partial charge >= 0.3 is 9.28 Å². The van der Waals surface area contributed by atoms with Gasteiger partial charge in [0.05, 0.1) is 0 Å². The second-order valence-corrected chi connectivity index (χ2v) is 3.04. The van der Waals surface area contributed by atoms with Gasteiger partial charge in [0, 0.05) is 5.54 Å². The quantitative estimate of drug-likeness (QED) is 0.485. The molecule has 0 aromatic rings. The van der Waals surface area contributed by atoms with Crippen molar-refractivity contribution >= 4 is 9.28 Å². The minimum Gasteiger partial charge on any atom is -0.409 e. The lowest BCUT2D eigenvalue weighted by Crippen LogP contribution is -2.15. The van der Waals surface area contributed by atoms with Crippen molar-refractivity contribution < 1.29 is 9.59 Å². The van der Waals surface area contributed by atoms with Crippen LogP contribution in [0.2, 0.25) is 5.54 Å². The molecule has 1 aliphatic rings. The zero-order valence-corrected chi connectivity index (χ0v) is 5.28. The largest absolute Gasteiger partial charge is 0.409 e. The number of allylic oxidation sites excluding steroid dienone is 4. The molecule has 0 unspecified atom stereocenters. The van der Waals surface area contributed by atoms with Crippen molar-refractivity contribution in [2.45, 2.75) is 5.54 Å². The topological polar surface area (TPSA) is 40.5 Å². The molecular weight excluding hydrogens is 120 g/mol. The molecule has 0 aromatic carbocycles. The Balaban J connectivity index is 2.49. The number of hydrogen-bond donors (Lipinski definition) is 2. The Kier molecular flexibility index (Phi) is 1.62. The predicted octanol–water partition coefficient (Wildman–Crippen LogP) is -0.0446. The summed E-state index contributed by atoms with van der Waals surface area (Å²) >= 11 is 0. The van der Waals surface area contributed by atoms with Crippen molar-refractivity contribution in [3.63, 3.8) is 0 Å². The molecule has 2 N–H and O–H groups in total. The molecule has 1 aliphatic carbocycles. The van der Waals surface area contributed by atoms with Gasteiger partial charge < -0.3 is 9.59 Å². The van der Waals surface area contributed by atoms with Gasteiger partial charge in [0.25, 0.3) is 0 Å². The second kappa shape index (κ2) is 2.26. The predicted molar refractivity (Wildman–Crippen MR) is 32.2 cm³/mol. The average Bonchev–Trinajstić information content (AvgIpc) is 2.12. The van der Waals surface area contributed by atoms with E-state index in [1.807, 2.05) is 12.2 Å². The fourth-order valence-electron chi connectivity index (χ4n) is 0.604. The summed E-state index contributed by atoms with van der Waals surface area (Å²) in [5, 5.41) is 0. The van der Waals surface area contributed by atoms with Crippen molar-refractivity contribution in [1.29, 1.82) is 0 Å². The first kappa shape index (κ1) is 5.75. The van der Waals surface area contributed by atoms with Gasteiger partial charge in [0.1, 0.15) is 0 Å². The van der Waals surface area contributed by atoms with E-state index in [0.717, 1.165) is 0 Å². The van der Waals surface area contributed by atoms with Crippen molar-refractivity contribution in [2.75, 3.05) is 0 Å². The summed E-state index contributed by atoms with van der Waals surface area (Å²) in [4.78, 5) is 17.2. The summed E-state index contributed by atoms with van der Waals surface area (Å²) in [5.41, 5.74) is -0.0833. The van der Waals surface area contributed by atoms with Crippen LogP contribution in [0.3, 0.4) is 0 Å². The smallest absolute Gasteiger partial charge is 0.390 e. The molecule has 2 nitrogen and oxygen atoms in total. The van der Waals surface area contributed by atoms with Crippen LogP contribution in [0.5, 0.6) is 0 Å².